The largest absolute Gasteiger partial charge is 0.416 e. The van der Waals surface area contributed by atoms with Crippen LogP contribution in [0.1, 0.15) is 23.2 Å². The number of rotatable bonds is 5. The first-order chi connectivity index (χ1) is 12.5. The van der Waals surface area contributed by atoms with E-state index in [1.54, 1.807) is 25.4 Å². The van der Waals surface area contributed by atoms with Crippen LogP contribution in [0.25, 0.3) is 10.9 Å². The van der Waals surface area contributed by atoms with Gasteiger partial charge in [0.2, 0.25) is 0 Å². The average molecular weight is 361 g/mol. The van der Waals surface area contributed by atoms with E-state index in [9.17, 15) is 13.2 Å². The molecule has 0 bridgehead atoms. The van der Waals surface area contributed by atoms with Gasteiger partial charge in [-0.2, -0.15) is 13.2 Å². The molecule has 0 fully saturated rings. The molecule has 0 saturated heterocycles. The van der Waals surface area contributed by atoms with E-state index in [2.05, 4.69) is 21.5 Å². The summed E-state index contributed by atoms with van der Waals surface area (Å²) in [5.74, 6) is 0. The van der Waals surface area contributed by atoms with Gasteiger partial charge in [0.15, 0.2) is 0 Å². The van der Waals surface area contributed by atoms with Crippen molar-refractivity contribution >= 4 is 17.1 Å². The van der Waals surface area contributed by atoms with Crippen molar-refractivity contribution in [3.8, 4) is 0 Å². The molecule has 1 aliphatic heterocycles. The van der Waals surface area contributed by atoms with Crippen molar-refractivity contribution < 1.29 is 13.2 Å². The van der Waals surface area contributed by atoms with Crippen molar-refractivity contribution in [3.05, 3.63) is 59.3 Å². The monoisotopic (exact) mass is 361 g/mol. The predicted octanol–water partition coefficient (Wildman–Crippen LogP) is 4.51. The Balaban J connectivity index is 2.04. The molecule has 0 atom stereocenters. The summed E-state index contributed by atoms with van der Waals surface area (Å²) in [5, 5.41) is 3.96. The van der Waals surface area contributed by atoms with Crippen LogP contribution in [0.2, 0.25) is 0 Å². The number of aliphatic imine (C=N–C) groups is 1. The third-order valence-corrected chi connectivity index (χ3v) is 4.71. The molecule has 1 aromatic heterocycles. The Hall–Kier alpha value is -2.34. The number of fused-ring (bicyclic) bond motifs is 3. The van der Waals surface area contributed by atoms with E-state index in [1.807, 2.05) is 6.08 Å². The third-order valence-electron chi connectivity index (χ3n) is 4.71. The Morgan fingerprint density at radius 2 is 2.19 bits per heavy atom. The van der Waals surface area contributed by atoms with Crippen molar-refractivity contribution in [1.82, 2.24) is 9.88 Å². The zero-order valence-electron chi connectivity index (χ0n) is 14.7. The molecule has 138 valence electrons. The SMILES string of the molecule is C=C/C=C(\C=NC)CCn1c2c(c3cc(C(F)(F)F)ccc31)CNCC2. The van der Waals surface area contributed by atoms with Crippen molar-refractivity contribution in [2.45, 2.75) is 32.1 Å². The van der Waals surface area contributed by atoms with Gasteiger partial charge in [-0.15, -0.1) is 0 Å². The summed E-state index contributed by atoms with van der Waals surface area (Å²) in [4.78, 5) is 4.06. The summed E-state index contributed by atoms with van der Waals surface area (Å²) < 4.78 is 41.5. The van der Waals surface area contributed by atoms with E-state index in [4.69, 9.17) is 0 Å². The first kappa shape index (κ1) is 18.5. The Labute approximate surface area is 150 Å². The van der Waals surface area contributed by atoms with Crippen molar-refractivity contribution in [2.75, 3.05) is 13.6 Å². The van der Waals surface area contributed by atoms with Crippen LogP contribution >= 0.6 is 0 Å². The lowest BCUT2D eigenvalue weighted by Gasteiger charge is -2.17. The van der Waals surface area contributed by atoms with Gasteiger partial charge < -0.3 is 9.88 Å². The number of hydrogen-bond donors (Lipinski definition) is 1. The minimum atomic E-state index is -4.33. The number of hydrogen-bond acceptors (Lipinski definition) is 2. The summed E-state index contributed by atoms with van der Waals surface area (Å²) in [6, 6.07) is 4.05. The lowest BCUT2D eigenvalue weighted by atomic mass is 10.0. The van der Waals surface area contributed by atoms with Crippen molar-refractivity contribution in [2.24, 2.45) is 4.99 Å². The van der Waals surface area contributed by atoms with Gasteiger partial charge >= 0.3 is 6.18 Å². The van der Waals surface area contributed by atoms with E-state index in [-0.39, 0.29) is 0 Å². The molecule has 0 aliphatic carbocycles. The number of aryl methyl sites for hydroxylation is 1. The summed E-state index contributed by atoms with van der Waals surface area (Å²) in [6.45, 7) is 5.86. The van der Waals surface area contributed by atoms with Gasteiger partial charge in [0.1, 0.15) is 0 Å². The summed E-state index contributed by atoms with van der Waals surface area (Å²) >= 11 is 0. The highest BCUT2D eigenvalue weighted by molar-refractivity contribution is 5.87. The predicted molar refractivity (Wildman–Crippen MR) is 99.7 cm³/mol. The standard InChI is InChI=1S/C20H22F3N3/c1-3-4-14(12-24-2)8-10-26-18-6-5-15(20(21,22)23)11-16(18)17-13-25-9-7-19(17)26/h3-6,11-12,25H,1,7-10,13H2,2H3/b14-4-,24-12?. The minimum absolute atomic E-state index is 0.596. The van der Waals surface area contributed by atoms with E-state index >= 15 is 0 Å². The number of allylic oxidation sites excluding steroid dienone is 3. The van der Waals surface area contributed by atoms with E-state index in [1.165, 1.54) is 12.1 Å². The molecule has 3 rings (SSSR count). The highest BCUT2D eigenvalue weighted by atomic mass is 19.4. The number of halogens is 3. The van der Waals surface area contributed by atoms with Gasteiger partial charge in [-0.25, -0.2) is 0 Å². The Morgan fingerprint density at radius 3 is 2.88 bits per heavy atom. The van der Waals surface area contributed by atoms with Gasteiger partial charge in [0.25, 0.3) is 0 Å². The van der Waals surface area contributed by atoms with E-state index in [0.29, 0.717) is 18.5 Å². The quantitative estimate of drug-likeness (QED) is 0.616. The molecular weight excluding hydrogens is 339 g/mol. The number of nitrogens with one attached hydrogen (secondary N) is 1. The fourth-order valence-electron chi connectivity index (χ4n) is 3.56. The molecular formula is C20H22F3N3. The maximum Gasteiger partial charge on any atom is 0.416 e. The Bertz CT molecular complexity index is 873. The molecule has 0 spiro atoms. The average Bonchev–Trinajstić information content (AvgIpc) is 2.93. The molecule has 0 amide bonds. The second kappa shape index (κ2) is 7.50. The number of alkyl halides is 3. The molecule has 0 saturated carbocycles. The first-order valence-electron chi connectivity index (χ1n) is 8.61. The number of benzene rings is 1. The second-order valence-electron chi connectivity index (χ2n) is 6.35. The maximum absolute atomic E-state index is 13.1. The first-order valence-corrected chi connectivity index (χ1v) is 8.61. The normalized spacial score (nSPS) is 15.6. The van der Waals surface area contributed by atoms with Gasteiger partial charge in [0, 0.05) is 55.9 Å². The second-order valence-corrected chi connectivity index (χ2v) is 6.35. The van der Waals surface area contributed by atoms with Crippen LogP contribution in [0.5, 0.6) is 0 Å². The fraction of sp³-hybridized carbons (Fsp3) is 0.350. The van der Waals surface area contributed by atoms with Crippen LogP contribution in [0, 0.1) is 0 Å². The molecule has 26 heavy (non-hydrogen) atoms. The minimum Gasteiger partial charge on any atom is -0.344 e. The number of aromatic nitrogens is 1. The molecule has 2 aromatic rings. The van der Waals surface area contributed by atoms with Crippen molar-refractivity contribution in [3.63, 3.8) is 0 Å². The summed E-state index contributed by atoms with van der Waals surface area (Å²) in [5.41, 5.74) is 3.41. The van der Waals surface area contributed by atoms with Crippen LogP contribution in [0.15, 0.2) is 47.5 Å². The van der Waals surface area contributed by atoms with E-state index in [0.717, 1.165) is 41.7 Å². The fourth-order valence-corrected chi connectivity index (χ4v) is 3.56. The van der Waals surface area contributed by atoms with Gasteiger partial charge in [-0.1, -0.05) is 18.7 Å². The molecule has 2 heterocycles. The molecule has 1 aromatic carbocycles. The molecule has 0 radical (unpaired) electrons. The lowest BCUT2D eigenvalue weighted by Crippen LogP contribution is -2.24. The van der Waals surface area contributed by atoms with Crippen LogP contribution in [-0.4, -0.2) is 24.4 Å². The zero-order chi connectivity index (χ0) is 18.7. The Morgan fingerprint density at radius 1 is 1.38 bits per heavy atom. The van der Waals surface area contributed by atoms with Gasteiger partial charge in [-0.05, 0) is 35.8 Å². The molecule has 3 nitrogen and oxygen atoms in total. The summed E-state index contributed by atoms with van der Waals surface area (Å²) in [7, 11) is 1.72. The highest BCUT2D eigenvalue weighted by Gasteiger charge is 2.31. The third kappa shape index (κ3) is 3.60. The van der Waals surface area contributed by atoms with Gasteiger partial charge in [-0.3, -0.25) is 4.99 Å². The van der Waals surface area contributed by atoms with Crippen LogP contribution < -0.4 is 5.32 Å². The smallest absolute Gasteiger partial charge is 0.344 e. The molecule has 1 N–H and O–H groups in total. The lowest BCUT2D eigenvalue weighted by molar-refractivity contribution is -0.137. The molecule has 0 unspecified atom stereocenters. The Kier molecular flexibility index (Phi) is 5.32. The van der Waals surface area contributed by atoms with Crippen LogP contribution in [-0.2, 0) is 25.7 Å². The van der Waals surface area contributed by atoms with Crippen molar-refractivity contribution in [1.29, 1.82) is 0 Å². The molecule has 1 aliphatic rings. The molecule has 6 heteroatoms. The number of nitrogens with zero attached hydrogens (tertiary/aromatic N) is 2. The summed E-state index contributed by atoms with van der Waals surface area (Å²) in [6.07, 6.45) is 2.65. The highest BCUT2D eigenvalue weighted by Crippen LogP contribution is 2.35. The van der Waals surface area contributed by atoms with Crippen LogP contribution in [0.4, 0.5) is 13.2 Å². The van der Waals surface area contributed by atoms with E-state index < -0.39 is 11.7 Å². The van der Waals surface area contributed by atoms with Crippen LogP contribution in [0.3, 0.4) is 0 Å². The topological polar surface area (TPSA) is 29.3 Å². The zero-order valence-corrected chi connectivity index (χ0v) is 14.7. The van der Waals surface area contributed by atoms with Gasteiger partial charge in [0.05, 0.1) is 5.56 Å². The maximum atomic E-state index is 13.1.